The Morgan fingerprint density at radius 2 is 1.06 bits per heavy atom. The molecule has 0 fully saturated rings. The molecule has 9 aromatic rings. The van der Waals surface area contributed by atoms with Crippen LogP contribution in [0.1, 0.15) is 11.1 Å². The molecule has 0 amide bonds. The van der Waals surface area contributed by atoms with Gasteiger partial charge in [0.15, 0.2) is 0 Å². The van der Waals surface area contributed by atoms with Gasteiger partial charge in [-0.05, 0) is 102 Å². The molecule has 0 saturated carbocycles. The molecule has 4 nitrogen and oxygen atoms in total. The van der Waals surface area contributed by atoms with E-state index in [9.17, 15) is 0 Å². The van der Waals surface area contributed by atoms with Crippen LogP contribution in [0.5, 0.6) is 0 Å². The molecule has 0 spiro atoms. The van der Waals surface area contributed by atoms with Crippen molar-refractivity contribution in [1.29, 1.82) is 0 Å². The number of anilines is 5. The van der Waals surface area contributed by atoms with Crippen LogP contribution >= 0.6 is 0 Å². The van der Waals surface area contributed by atoms with Crippen molar-refractivity contribution in [3.63, 3.8) is 0 Å². The number of benzene rings is 7. The summed E-state index contributed by atoms with van der Waals surface area (Å²) in [5.74, 6) is 0. The Kier molecular flexibility index (Phi) is 8.47. The molecule has 0 aliphatic heterocycles. The van der Waals surface area contributed by atoms with Crippen LogP contribution in [0.2, 0.25) is 0 Å². The lowest BCUT2D eigenvalue weighted by Crippen LogP contribution is -2.12. The van der Waals surface area contributed by atoms with Crippen LogP contribution in [0, 0.1) is 0 Å². The summed E-state index contributed by atoms with van der Waals surface area (Å²) in [5, 5.41) is 2.40. The fraction of sp³-hybridized carbons (Fsp3) is 0.0408. The van der Waals surface area contributed by atoms with E-state index in [0.29, 0.717) is 0 Å². The first kappa shape index (κ1) is 32.0. The molecule has 0 N–H and O–H groups in total. The number of nitrogens with zero attached hydrogens (tertiary/aromatic N) is 4. The first-order valence-electron chi connectivity index (χ1n) is 18.1. The number of rotatable bonds is 9. The fourth-order valence-electron chi connectivity index (χ4n) is 7.51. The van der Waals surface area contributed by atoms with Crippen molar-refractivity contribution in [2.24, 2.45) is 0 Å². The van der Waals surface area contributed by atoms with Crippen molar-refractivity contribution in [2.75, 3.05) is 16.8 Å². The highest BCUT2D eigenvalue weighted by Gasteiger charge is 2.18. The third-order valence-corrected chi connectivity index (χ3v) is 10.1. The molecule has 0 aliphatic carbocycles. The van der Waals surface area contributed by atoms with Crippen molar-refractivity contribution in [1.82, 2.24) is 9.55 Å². The van der Waals surface area contributed by atoms with Gasteiger partial charge in [-0.15, -0.1) is 0 Å². The molecule has 254 valence electrons. The van der Waals surface area contributed by atoms with Crippen LogP contribution in [-0.2, 0) is 6.42 Å². The first-order valence-corrected chi connectivity index (χ1v) is 18.1. The normalized spacial score (nSPS) is 11.2. The molecule has 7 aromatic carbocycles. The number of pyridine rings is 1. The summed E-state index contributed by atoms with van der Waals surface area (Å²) in [5.41, 5.74) is 13.8. The van der Waals surface area contributed by atoms with Crippen LogP contribution in [0.25, 0.3) is 38.6 Å². The minimum Gasteiger partial charge on any atom is -0.344 e. The van der Waals surface area contributed by atoms with E-state index in [1.807, 2.05) is 12.4 Å². The van der Waals surface area contributed by atoms with E-state index in [2.05, 4.69) is 209 Å². The van der Waals surface area contributed by atoms with Gasteiger partial charge in [0.2, 0.25) is 0 Å². The minimum atomic E-state index is 0.874. The molecule has 0 radical (unpaired) electrons. The molecule has 9 rings (SSSR count). The van der Waals surface area contributed by atoms with E-state index in [0.717, 1.165) is 46.0 Å². The molecule has 0 saturated heterocycles. The number of aromatic nitrogens is 2. The number of fused-ring (bicyclic) bond motifs is 3. The minimum absolute atomic E-state index is 0.874. The standard InChI is InChI=1S/C49H38N4/c1-51(47-25-15-14-18-38(47)30-36-16-6-2-7-17-36)43-27-29-49-46(33-43)45-32-37(26-28-48(45)53(49)42-23-12-5-13-24-42)39-31-44(35-50-34-39)52(40-19-8-3-9-20-40)41-21-10-4-11-22-41/h2-29,31-35H,30H2,1H3. The van der Waals surface area contributed by atoms with E-state index < -0.39 is 0 Å². The predicted octanol–water partition coefficient (Wildman–Crippen LogP) is 12.7. The second-order valence-corrected chi connectivity index (χ2v) is 13.4. The Hall–Kier alpha value is -6.91. The zero-order chi connectivity index (χ0) is 35.6. The Balaban J connectivity index is 1.17. The summed E-state index contributed by atoms with van der Waals surface area (Å²) in [4.78, 5) is 9.36. The quantitative estimate of drug-likeness (QED) is 0.151. The molecule has 0 atom stereocenters. The topological polar surface area (TPSA) is 24.3 Å². The van der Waals surface area contributed by atoms with Crippen LogP contribution in [-0.4, -0.2) is 16.6 Å². The lowest BCUT2D eigenvalue weighted by molar-refractivity contribution is 1.13. The van der Waals surface area contributed by atoms with E-state index in [4.69, 9.17) is 4.98 Å². The second-order valence-electron chi connectivity index (χ2n) is 13.4. The highest BCUT2D eigenvalue weighted by molar-refractivity contribution is 6.11. The highest BCUT2D eigenvalue weighted by atomic mass is 15.1. The van der Waals surface area contributed by atoms with Gasteiger partial charge in [0.1, 0.15) is 0 Å². The van der Waals surface area contributed by atoms with Crippen molar-refractivity contribution in [3.05, 3.63) is 212 Å². The third-order valence-electron chi connectivity index (χ3n) is 10.1. The Bertz CT molecular complexity index is 2610. The highest BCUT2D eigenvalue weighted by Crippen LogP contribution is 2.40. The maximum atomic E-state index is 4.78. The van der Waals surface area contributed by atoms with Gasteiger partial charge in [-0.25, -0.2) is 0 Å². The summed E-state index contributed by atoms with van der Waals surface area (Å²) in [6, 6.07) is 67.0. The summed E-state index contributed by atoms with van der Waals surface area (Å²) in [6.07, 6.45) is 4.79. The zero-order valence-electron chi connectivity index (χ0n) is 29.5. The molecule has 2 heterocycles. The predicted molar refractivity (Wildman–Crippen MR) is 222 cm³/mol. The smallest absolute Gasteiger partial charge is 0.0651 e. The average Bonchev–Trinajstić information content (AvgIpc) is 3.55. The lowest BCUT2D eigenvalue weighted by atomic mass is 10.0. The zero-order valence-corrected chi connectivity index (χ0v) is 29.5. The molecular formula is C49H38N4. The van der Waals surface area contributed by atoms with Gasteiger partial charge in [0, 0.05) is 58.0 Å². The van der Waals surface area contributed by atoms with E-state index in [1.54, 1.807) is 0 Å². The van der Waals surface area contributed by atoms with Crippen LogP contribution < -0.4 is 9.80 Å². The second kappa shape index (κ2) is 14.0. The van der Waals surface area contributed by atoms with Crippen LogP contribution in [0.3, 0.4) is 0 Å². The van der Waals surface area contributed by atoms with E-state index in [1.165, 1.54) is 38.6 Å². The SMILES string of the molecule is CN(c1ccc2c(c1)c1cc(-c3cncc(N(c4ccccc4)c4ccccc4)c3)ccc1n2-c1ccccc1)c1ccccc1Cc1ccccc1. The Morgan fingerprint density at radius 1 is 0.472 bits per heavy atom. The van der Waals surface area contributed by atoms with Crippen LogP contribution in [0.15, 0.2) is 200 Å². The van der Waals surface area contributed by atoms with Crippen LogP contribution in [0.4, 0.5) is 28.4 Å². The summed E-state index contributed by atoms with van der Waals surface area (Å²) in [6.45, 7) is 0. The van der Waals surface area contributed by atoms with E-state index in [-0.39, 0.29) is 0 Å². The maximum absolute atomic E-state index is 4.78. The third kappa shape index (κ3) is 6.21. The van der Waals surface area contributed by atoms with Gasteiger partial charge in [-0.1, -0.05) is 109 Å². The number of para-hydroxylation sites is 4. The molecule has 4 heteroatoms. The van der Waals surface area contributed by atoms with Crippen molar-refractivity contribution in [2.45, 2.75) is 6.42 Å². The van der Waals surface area contributed by atoms with Gasteiger partial charge in [0.25, 0.3) is 0 Å². The number of hydrogen-bond acceptors (Lipinski definition) is 3. The largest absolute Gasteiger partial charge is 0.344 e. The van der Waals surface area contributed by atoms with E-state index >= 15 is 0 Å². The fourth-order valence-corrected chi connectivity index (χ4v) is 7.51. The summed E-state index contributed by atoms with van der Waals surface area (Å²) >= 11 is 0. The van der Waals surface area contributed by atoms with Gasteiger partial charge in [-0.2, -0.15) is 0 Å². The molecule has 53 heavy (non-hydrogen) atoms. The monoisotopic (exact) mass is 682 g/mol. The van der Waals surface area contributed by atoms with Gasteiger partial charge in [0.05, 0.1) is 22.9 Å². The van der Waals surface area contributed by atoms with Crippen molar-refractivity contribution in [3.8, 4) is 16.8 Å². The Morgan fingerprint density at radius 3 is 1.75 bits per heavy atom. The van der Waals surface area contributed by atoms with Gasteiger partial charge >= 0.3 is 0 Å². The van der Waals surface area contributed by atoms with Crippen molar-refractivity contribution >= 4 is 50.2 Å². The molecular weight excluding hydrogens is 645 g/mol. The molecule has 0 unspecified atom stereocenters. The summed E-state index contributed by atoms with van der Waals surface area (Å²) < 4.78 is 2.38. The average molecular weight is 683 g/mol. The first-order chi connectivity index (χ1) is 26.2. The Labute approximate surface area is 310 Å². The van der Waals surface area contributed by atoms with Gasteiger partial charge < -0.3 is 14.4 Å². The molecule has 2 aromatic heterocycles. The summed E-state index contributed by atoms with van der Waals surface area (Å²) in [7, 11) is 2.18. The number of hydrogen-bond donors (Lipinski definition) is 0. The van der Waals surface area contributed by atoms with Gasteiger partial charge in [-0.3, -0.25) is 4.98 Å². The van der Waals surface area contributed by atoms with Crippen molar-refractivity contribution < 1.29 is 0 Å². The lowest BCUT2D eigenvalue weighted by Gasteiger charge is -2.25. The molecule has 0 aliphatic rings. The maximum Gasteiger partial charge on any atom is 0.0651 e. The molecule has 0 bridgehead atoms.